The maximum Gasteiger partial charge on any atom is 0.265 e. The molecule has 0 aliphatic carbocycles. The number of nitrogens with one attached hydrogen (secondary N) is 1. The lowest BCUT2D eigenvalue weighted by atomic mass is 9.95. The SMILES string of the molecule is O=C1CN(C(=O)c2cccs2)C(c2ccccc2)c2cc(Cl)ccc2N1. The quantitative estimate of drug-likeness (QED) is 0.705. The van der Waals surface area contributed by atoms with Gasteiger partial charge in [-0.3, -0.25) is 9.59 Å². The van der Waals surface area contributed by atoms with Gasteiger partial charge in [0.25, 0.3) is 5.91 Å². The summed E-state index contributed by atoms with van der Waals surface area (Å²) >= 11 is 7.60. The molecule has 4 nitrogen and oxygen atoms in total. The summed E-state index contributed by atoms with van der Waals surface area (Å²) in [7, 11) is 0. The molecule has 0 bridgehead atoms. The largest absolute Gasteiger partial charge is 0.324 e. The molecule has 2 aromatic carbocycles. The van der Waals surface area contributed by atoms with Gasteiger partial charge in [0, 0.05) is 16.3 Å². The molecular weight excluding hydrogens is 368 g/mol. The first-order valence-electron chi connectivity index (χ1n) is 8.12. The lowest BCUT2D eigenvalue weighted by Crippen LogP contribution is -2.38. The minimum absolute atomic E-state index is 0.0252. The highest BCUT2D eigenvalue weighted by Crippen LogP contribution is 2.38. The van der Waals surface area contributed by atoms with Crippen molar-refractivity contribution in [3.8, 4) is 0 Å². The topological polar surface area (TPSA) is 49.4 Å². The number of fused-ring (bicyclic) bond motifs is 1. The van der Waals surface area contributed by atoms with Crippen molar-refractivity contribution in [2.45, 2.75) is 6.04 Å². The average molecular weight is 383 g/mol. The smallest absolute Gasteiger partial charge is 0.265 e. The molecule has 130 valence electrons. The number of thiophene rings is 1. The van der Waals surface area contributed by atoms with Gasteiger partial charge >= 0.3 is 0 Å². The van der Waals surface area contributed by atoms with Gasteiger partial charge in [-0.15, -0.1) is 11.3 Å². The third kappa shape index (κ3) is 3.11. The molecule has 0 saturated carbocycles. The van der Waals surface area contributed by atoms with Crippen molar-refractivity contribution >= 4 is 40.4 Å². The second kappa shape index (κ2) is 6.94. The molecule has 1 atom stereocenters. The zero-order valence-corrected chi connectivity index (χ0v) is 15.3. The Hall–Kier alpha value is -2.63. The zero-order valence-electron chi connectivity index (χ0n) is 13.7. The van der Waals surface area contributed by atoms with E-state index in [1.165, 1.54) is 11.3 Å². The van der Waals surface area contributed by atoms with Crippen LogP contribution < -0.4 is 5.32 Å². The van der Waals surface area contributed by atoms with Gasteiger partial charge in [0.2, 0.25) is 5.91 Å². The molecule has 1 aliphatic rings. The van der Waals surface area contributed by atoms with E-state index in [1.807, 2.05) is 47.8 Å². The number of hydrogen-bond acceptors (Lipinski definition) is 3. The van der Waals surface area contributed by atoms with Crippen LogP contribution in [0.3, 0.4) is 0 Å². The number of hydrogen-bond donors (Lipinski definition) is 1. The molecule has 6 heteroatoms. The van der Waals surface area contributed by atoms with Crippen LogP contribution in [0.2, 0.25) is 5.02 Å². The third-order valence-corrected chi connectivity index (χ3v) is 5.41. The minimum atomic E-state index is -0.404. The summed E-state index contributed by atoms with van der Waals surface area (Å²) in [5.74, 6) is -0.395. The van der Waals surface area contributed by atoms with Crippen LogP contribution in [0.25, 0.3) is 0 Å². The van der Waals surface area contributed by atoms with E-state index in [4.69, 9.17) is 11.6 Å². The number of carbonyl (C=O) groups is 2. The highest BCUT2D eigenvalue weighted by Gasteiger charge is 2.34. The molecule has 4 rings (SSSR count). The number of halogens is 1. The van der Waals surface area contributed by atoms with Crippen molar-refractivity contribution in [2.75, 3.05) is 11.9 Å². The Balaban J connectivity index is 1.90. The van der Waals surface area contributed by atoms with E-state index in [0.29, 0.717) is 15.6 Å². The maximum absolute atomic E-state index is 13.2. The van der Waals surface area contributed by atoms with Crippen molar-refractivity contribution < 1.29 is 9.59 Å². The summed E-state index contributed by atoms with van der Waals surface area (Å²) in [4.78, 5) is 27.8. The second-order valence-electron chi connectivity index (χ2n) is 6.00. The first kappa shape index (κ1) is 16.8. The van der Waals surface area contributed by atoms with Gasteiger partial charge in [0.05, 0.1) is 10.9 Å². The number of amides is 2. The van der Waals surface area contributed by atoms with Crippen molar-refractivity contribution in [1.29, 1.82) is 0 Å². The summed E-state index contributed by atoms with van der Waals surface area (Å²) in [6, 6.07) is 18.2. The minimum Gasteiger partial charge on any atom is -0.324 e. The summed E-state index contributed by atoms with van der Waals surface area (Å²) in [6.45, 7) is -0.0252. The predicted molar refractivity (Wildman–Crippen MR) is 104 cm³/mol. The summed E-state index contributed by atoms with van der Waals surface area (Å²) < 4.78 is 0. The van der Waals surface area contributed by atoms with E-state index < -0.39 is 6.04 Å². The fourth-order valence-electron chi connectivity index (χ4n) is 3.20. The molecule has 0 fully saturated rings. The second-order valence-corrected chi connectivity index (χ2v) is 7.39. The number of rotatable bonds is 2. The van der Waals surface area contributed by atoms with Crippen LogP contribution >= 0.6 is 22.9 Å². The van der Waals surface area contributed by atoms with Gasteiger partial charge in [-0.25, -0.2) is 0 Å². The predicted octanol–water partition coefficient (Wildman–Crippen LogP) is 4.59. The first-order valence-corrected chi connectivity index (χ1v) is 9.38. The number of nitrogens with zero attached hydrogens (tertiary/aromatic N) is 1. The molecule has 26 heavy (non-hydrogen) atoms. The zero-order chi connectivity index (χ0) is 18.1. The van der Waals surface area contributed by atoms with Gasteiger partial charge in [-0.1, -0.05) is 48.0 Å². The van der Waals surface area contributed by atoms with E-state index in [2.05, 4.69) is 5.32 Å². The molecule has 1 N–H and O–H groups in total. The first-order chi connectivity index (χ1) is 12.6. The highest BCUT2D eigenvalue weighted by molar-refractivity contribution is 7.12. The summed E-state index contributed by atoms with van der Waals surface area (Å²) in [5, 5.41) is 5.31. The number of carbonyl (C=O) groups excluding carboxylic acids is 2. The van der Waals surface area contributed by atoms with E-state index in [0.717, 1.165) is 11.1 Å². The molecule has 2 heterocycles. The van der Waals surface area contributed by atoms with Crippen LogP contribution in [-0.2, 0) is 4.79 Å². The normalized spacial score (nSPS) is 16.6. The van der Waals surface area contributed by atoms with Crippen LogP contribution in [0.5, 0.6) is 0 Å². The molecule has 3 aromatic rings. The van der Waals surface area contributed by atoms with E-state index in [1.54, 1.807) is 23.1 Å². The van der Waals surface area contributed by atoms with Crippen molar-refractivity contribution in [2.24, 2.45) is 0 Å². The Morgan fingerprint density at radius 2 is 1.92 bits per heavy atom. The van der Waals surface area contributed by atoms with Gasteiger partial charge in [0.1, 0.15) is 6.54 Å². The average Bonchev–Trinajstić information content (AvgIpc) is 3.13. The van der Waals surface area contributed by atoms with Crippen molar-refractivity contribution in [3.63, 3.8) is 0 Å². The van der Waals surface area contributed by atoms with Crippen LogP contribution in [-0.4, -0.2) is 23.3 Å². The van der Waals surface area contributed by atoms with Crippen molar-refractivity contribution in [3.05, 3.63) is 87.1 Å². The maximum atomic E-state index is 13.2. The Kier molecular flexibility index (Phi) is 4.49. The Morgan fingerprint density at radius 3 is 2.65 bits per heavy atom. The lowest BCUT2D eigenvalue weighted by Gasteiger charge is -2.30. The van der Waals surface area contributed by atoms with Crippen molar-refractivity contribution in [1.82, 2.24) is 4.90 Å². The summed E-state index contributed by atoms with van der Waals surface area (Å²) in [5.41, 5.74) is 2.41. The summed E-state index contributed by atoms with van der Waals surface area (Å²) in [6.07, 6.45) is 0. The molecule has 1 unspecified atom stereocenters. The number of benzene rings is 2. The van der Waals surface area contributed by atoms with Crippen LogP contribution in [0, 0.1) is 0 Å². The van der Waals surface area contributed by atoms with Gasteiger partial charge in [0.15, 0.2) is 0 Å². The monoisotopic (exact) mass is 382 g/mol. The number of anilines is 1. The third-order valence-electron chi connectivity index (χ3n) is 4.32. The lowest BCUT2D eigenvalue weighted by molar-refractivity contribution is -0.117. The Morgan fingerprint density at radius 1 is 1.12 bits per heavy atom. The van der Waals surface area contributed by atoms with Gasteiger partial charge < -0.3 is 10.2 Å². The van der Waals surface area contributed by atoms with Crippen LogP contribution in [0.1, 0.15) is 26.8 Å². The van der Waals surface area contributed by atoms with Crippen LogP contribution in [0.4, 0.5) is 5.69 Å². The molecule has 0 radical (unpaired) electrons. The van der Waals surface area contributed by atoms with E-state index in [-0.39, 0.29) is 18.4 Å². The van der Waals surface area contributed by atoms with E-state index >= 15 is 0 Å². The standard InChI is InChI=1S/C20H15ClN2O2S/c21-14-8-9-16-15(11-14)19(13-5-2-1-3-6-13)23(12-18(24)22-16)20(25)17-7-4-10-26-17/h1-11,19H,12H2,(H,22,24). The fourth-order valence-corrected chi connectivity index (χ4v) is 4.06. The van der Waals surface area contributed by atoms with Crippen LogP contribution in [0.15, 0.2) is 66.0 Å². The fraction of sp³-hybridized carbons (Fsp3) is 0.100. The molecule has 2 amide bonds. The molecular formula is C20H15ClN2O2S. The Labute approximate surface area is 160 Å². The molecule has 0 spiro atoms. The van der Waals surface area contributed by atoms with Gasteiger partial charge in [-0.05, 0) is 35.2 Å². The van der Waals surface area contributed by atoms with Gasteiger partial charge in [-0.2, -0.15) is 0 Å². The van der Waals surface area contributed by atoms with E-state index in [9.17, 15) is 9.59 Å². The molecule has 1 aliphatic heterocycles. The molecule has 1 aromatic heterocycles. The molecule has 0 saturated heterocycles. The highest BCUT2D eigenvalue weighted by atomic mass is 35.5. The Bertz CT molecular complexity index is 957.